The van der Waals surface area contributed by atoms with Crippen LogP contribution in [0.3, 0.4) is 0 Å². The zero-order valence-corrected chi connectivity index (χ0v) is 17.7. The van der Waals surface area contributed by atoms with Gasteiger partial charge in [0.2, 0.25) is 15.9 Å². The summed E-state index contributed by atoms with van der Waals surface area (Å²) >= 11 is 5.86. The Labute approximate surface area is 175 Å². The van der Waals surface area contributed by atoms with Crippen LogP contribution in [0.1, 0.15) is 35.7 Å². The molecule has 8 heteroatoms. The van der Waals surface area contributed by atoms with Gasteiger partial charge < -0.3 is 5.32 Å². The molecule has 1 fully saturated rings. The van der Waals surface area contributed by atoms with Crippen LogP contribution in [0, 0.1) is 5.92 Å². The van der Waals surface area contributed by atoms with Crippen molar-refractivity contribution in [3.8, 4) is 0 Å². The Kier molecular flexibility index (Phi) is 6.72. The maximum atomic E-state index is 12.8. The Bertz CT molecular complexity index is 980. The molecular weight excluding hydrogens is 412 g/mol. The first-order valence-corrected chi connectivity index (χ1v) is 11.2. The van der Waals surface area contributed by atoms with Crippen molar-refractivity contribution in [2.45, 2.75) is 31.2 Å². The molecule has 1 N–H and O–H groups in total. The molecule has 2 aromatic rings. The number of amides is 1. The largest absolute Gasteiger partial charge is 0.352 e. The quantitative estimate of drug-likeness (QED) is 0.707. The lowest BCUT2D eigenvalue weighted by molar-refractivity contribution is -0.126. The Morgan fingerprint density at radius 1 is 1.03 bits per heavy atom. The highest BCUT2D eigenvalue weighted by molar-refractivity contribution is 7.89. The molecule has 29 heavy (non-hydrogen) atoms. The number of hydrogen-bond acceptors (Lipinski definition) is 4. The van der Waals surface area contributed by atoms with E-state index in [1.165, 1.54) is 35.5 Å². The second-order valence-corrected chi connectivity index (χ2v) is 9.48. The summed E-state index contributed by atoms with van der Waals surface area (Å²) in [7, 11) is -3.64. The number of sulfonamides is 1. The van der Waals surface area contributed by atoms with Crippen molar-refractivity contribution in [2.75, 3.05) is 13.1 Å². The van der Waals surface area contributed by atoms with Gasteiger partial charge in [0, 0.05) is 36.1 Å². The number of nitrogens with one attached hydrogen (secondary N) is 1. The number of rotatable bonds is 6. The van der Waals surface area contributed by atoms with E-state index >= 15 is 0 Å². The predicted octanol–water partition coefficient (Wildman–Crippen LogP) is 3.26. The number of nitrogens with zero attached hydrogens (tertiary/aromatic N) is 1. The summed E-state index contributed by atoms with van der Waals surface area (Å²) in [6.07, 6.45) is 0.939. The van der Waals surface area contributed by atoms with E-state index in [2.05, 4.69) is 5.32 Å². The molecule has 1 heterocycles. The van der Waals surface area contributed by atoms with E-state index in [1.807, 2.05) is 12.1 Å². The van der Waals surface area contributed by atoms with E-state index in [4.69, 9.17) is 11.6 Å². The van der Waals surface area contributed by atoms with E-state index in [0.29, 0.717) is 30.0 Å². The highest BCUT2D eigenvalue weighted by atomic mass is 35.5. The lowest BCUT2D eigenvalue weighted by Crippen LogP contribution is -2.42. The normalized spacial score (nSPS) is 15.8. The maximum Gasteiger partial charge on any atom is 0.243 e. The average Bonchev–Trinajstić information content (AvgIpc) is 2.73. The van der Waals surface area contributed by atoms with Crippen molar-refractivity contribution in [3.63, 3.8) is 0 Å². The number of carbonyl (C=O) groups excluding carboxylic acids is 2. The smallest absolute Gasteiger partial charge is 0.243 e. The van der Waals surface area contributed by atoms with E-state index < -0.39 is 10.0 Å². The summed E-state index contributed by atoms with van der Waals surface area (Å²) in [5, 5.41) is 3.55. The van der Waals surface area contributed by atoms with Crippen LogP contribution in [0.5, 0.6) is 0 Å². The molecule has 154 valence electrons. The van der Waals surface area contributed by atoms with Gasteiger partial charge in [0.25, 0.3) is 0 Å². The first kappa shape index (κ1) is 21.5. The number of Topliss-reactive ketones (excluding diaryl/α,β-unsaturated/α-hetero) is 1. The second kappa shape index (κ2) is 9.07. The molecule has 6 nitrogen and oxygen atoms in total. The summed E-state index contributed by atoms with van der Waals surface area (Å²) < 4.78 is 27.0. The van der Waals surface area contributed by atoms with Gasteiger partial charge in [-0.15, -0.1) is 0 Å². The average molecular weight is 435 g/mol. The zero-order valence-electron chi connectivity index (χ0n) is 16.1. The second-order valence-electron chi connectivity index (χ2n) is 7.10. The number of hydrogen-bond donors (Lipinski definition) is 1. The summed E-state index contributed by atoms with van der Waals surface area (Å²) in [6, 6.07) is 13.2. The topological polar surface area (TPSA) is 83.6 Å². The molecule has 0 aromatic heterocycles. The van der Waals surface area contributed by atoms with Crippen LogP contribution in [-0.2, 0) is 21.4 Å². The molecule has 3 rings (SSSR count). The summed E-state index contributed by atoms with van der Waals surface area (Å²) in [5.74, 6) is -0.393. The maximum absolute atomic E-state index is 12.8. The van der Waals surface area contributed by atoms with Crippen LogP contribution < -0.4 is 5.32 Å². The minimum Gasteiger partial charge on any atom is -0.352 e. The van der Waals surface area contributed by atoms with Gasteiger partial charge in [-0.2, -0.15) is 4.31 Å². The van der Waals surface area contributed by atoms with Crippen molar-refractivity contribution in [2.24, 2.45) is 5.92 Å². The molecule has 1 amide bonds. The third-order valence-electron chi connectivity index (χ3n) is 5.10. The Morgan fingerprint density at radius 2 is 1.62 bits per heavy atom. The first-order chi connectivity index (χ1) is 13.8. The third-order valence-corrected chi connectivity index (χ3v) is 7.27. The van der Waals surface area contributed by atoms with Gasteiger partial charge in [0.05, 0.1) is 4.90 Å². The van der Waals surface area contributed by atoms with Crippen molar-refractivity contribution < 1.29 is 18.0 Å². The van der Waals surface area contributed by atoms with Crippen molar-refractivity contribution in [3.05, 3.63) is 64.7 Å². The lowest BCUT2D eigenvalue weighted by atomic mass is 9.97. The van der Waals surface area contributed by atoms with E-state index in [9.17, 15) is 18.0 Å². The fraction of sp³-hybridized carbons (Fsp3) is 0.333. The van der Waals surface area contributed by atoms with Crippen molar-refractivity contribution in [1.29, 1.82) is 0 Å². The van der Waals surface area contributed by atoms with Crippen LogP contribution in [-0.4, -0.2) is 37.5 Å². The van der Waals surface area contributed by atoms with Crippen LogP contribution in [0.25, 0.3) is 0 Å². The molecule has 0 aliphatic carbocycles. The molecule has 1 aliphatic rings. The fourth-order valence-corrected chi connectivity index (χ4v) is 4.90. The SMILES string of the molecule is CC(=O)c1ccc(S(=O)(=O)N2CCC(C(=O)NCc3ccc(Cl)cc3)CC2)cc1. The van der Waals surface area contributed by atoms with Gasteiger partial charge in [0.1, 0.15) is 0 Å². The van der Waals surface area contributed by atoms with Crippen molar-refractivity contribution in [1.82, 2.24) is 9.62 Å². The summed E-state index contributed by atoms with van der Waals surface area (Å²) in [5.41, 5.74) is 1.43. The van der Waals surface area contributed by atoms with Gasteiger partial charge in [-0.1, -0.05) is 35.9 Å². The monoisotopic (exact) mass is 434 g/mol. The van der Waals surface area contributed by atoms with Gasteiger partial charge in [0.15, 0.2) is 5.78 Å². The lowest BCUT2D eigenvalue weighted by Gasteiger charge is -2.30. The van der Waals surface area contributed by atoms with E-state index in [0.717, 1.165) is 5.56 Å². The van der Waals surface area contributed by atoms with Crippen LogP contribution in [0.4, 0.5) is 0 Å². The molecule has 0 unspecified atom stereocenters. The molecule has 2 aromatic carbocycles. The number of benzene rings is 2. The number of halogens is 1. The van der Waals surface area contributed by atoms with Gasteiger partial charge in [-0.3, -0.25) is 9.59 Å². The van der Waals surface area contributed by atoms with Gasteiger partial charge >= 0.3 is 0 Å². The van der Waals surface area contributed by atoms with E-state index in [-0.39, 0.29) is 35.6 Å². The highest BCUT2D eigenvalue weighted by Gasteiger charge is 2.32. The standard InChI is InChI=1S/C21H23ClN2O4S/c1-15(25)17-4-8-20(9-5-17)29(27,28)24-12-10-18(11-13-24)21(26)23-14-16-2-6-19(22)7-3-16/h2-9,18H,10-14H2,1H3,(H,23,26). The summed E-state index contributed by atoms with van der Waals surface area (Å²) in [6.45, 7) is 2.43. The molecule has 0 spiro atoms. The van der Waals surface area contributed by atoms with Crippen LogP contribution in [0.2, 0.25) is 5.02 Å². The number of piperidine rings is 1. The third kappa shape index (κ3) is 5.23. The number of ketones is 1. The minimum absolute atomic E-state index is 0.0668. The van der Waals surface area contributed by atoms with Gasteiger partial charge in [-0.25, -0.2) is 8.42 Å². The Balaban J connectivity index is 1.55. The van der Waals surface area contributed by atoms with Crippen molar-refractivity contribution >= 4 is 33.3 Å². The molecule has 0 saturated carbocycles. The van der Waals surface area contributed by atoms with Gasteiger partial charge in [-0.05, 0) is 49.6 Å². The molecule has 1 aliphatic heterocycles. The fourth-order valence-electron chi connectivity index (χ4n) is 3.30. The Morgan fingerprint density at radius 3 is 2.17 bits per heavy atom. The number of carbonyl (C=O) groups is 2. The minimum atomic E-state index is -3.64. The molecule has 1 saturated heterocycles. The molecular formula is C21H23ClN2O4S. The zero-order chi connectivity index (χ0) is 21.0. The van der Waals surface area contributed by atoms with E-state index in [1.54, 1.807) is 12.1 Å². The van der Waals surface area contributed by atoms with Crippen LogP contribution in [0.15, 0.2) is 53.4 Å². The predicted molar refractivity (Wildman–Crippen MR) is 111 cm³/mol. The molecule has 0 atom stereocenters. The summed E-state index contributed by atoms with van der Waals surface area (Å²) in [4.78, 5) is 24.0. The molecule has 0 bridgehead atoms. The highest BCUT2D eigenvalue weighted by Crippen LogP contribution is 2.24. The molecule has 0 radical (unpaired) electrons. The first-order valence-electron chi connectivity index (χ1n) is 9.40. The van der Waals surface area contributed by atoms with Crippen LogP contribution >= 0.6 is 11.6 Å². The Hall–Kier alpha value is -2.22.